The van der Waals surface area contributed by atoms with Crippen molar-refractivity contribution in [1.29, 1.82) is 0 Å². The van der Waals surface area contributed by atoms with Gasteiger partial charge < -0.3 is 9.84 Å². The Morgan fingerprint density at radius 1 is 1.57 bits per heavy atom. The van der Waals surface area contributed by atoms with Gasteiger partial charge in [-0.15, -0.1) is 0 Å². The van der Waals surface area contributed by atoms with E-state index in [2.05, 4.69) is 12.7 Å². The number of hydrogen-bond acceptors (Lipinski definition) is 2. The fraction of sp³-hybridized carbons (Fsp3) is 0.500. The second-order valence-corrected chi connectivity index (χ2v) is 3.64. The molecular formula is C12H18O2. The van der Waals surface area contributed by atoms with Crippen LogP contribution in [-0.4, -0.2) is 23.4 Å². The maximum Gasteiger partial charge on any atom is 0.0981 e. The van der Waals surface area contributed by atoms with E-state index in [1.54, 1.807) is 6.08 Å². The van der Waals surface area contributed by atoms with Gasteiger partial charge in [-0.2, -0.15) is 0 Å². The predicted octanol–water partition coefficient (Wildman–Crippen LogP) is 2.21. The van der Waals surface area contributed by atoms with E-state index in [0.717, 1.165) is 12.0 Å². The molecule has 78 valence electrons. The molecule has 2 heteroatoms. The largest absolute Gasteiger partial charge is 0.386 e. The van der Waals surface area contributed by atoms with Gasteiger partial charge in [0.25, 0.3) is 0 Å². The SMILES string of the molecule is C=C/C(C)=C/C[C@H]1C=C[C@H](O)[C@@H](C)O1. The standard InChI is InChI=1S/C12H18O2/c1-4-9(2)5-6-11-7-8-12(13)10(3)14-11/h4-5,7-8,10-13H,1,6H2,2-3H3/b9-5+/t10-,11+,12+/m1/s1. The van der Waals surface area contributed by atoms with Gasteiger partial charge in [-0.1, -0.05) is 36.5 Å². The second-order valence-electron chi connectivity index (χ2n) is 3.64. The zero-order valence-electron chi connectivity index (χ0n) is 8.81. The fourth-order valence-corrected chi connectivity index (χ4v) is 1.32. The summed E-state index contributed by atoms with van der Waals surface area (Å²) in [5.41, 5.74) is 1.15. The number of rotatable bonds is 3. The molecule has 14 heavy (non-hydrogen) atoms. The van der Waals surface area contributed by atoms with E-state index in [1.807, 2.05) is 26.0 Å². The van der Waals surface area contributed by atoms with Crippen molar-refractivity contribution in [2.24, 2.45) is 0 Å². The Hall–Kier alpha value is -0.860. The number of ether oxygens (including phenoxy) is 1. The minimum atomic E-state index is -0.462. The molecule has 1 heterocycles. The lowest BCUT2D eigenvalue weighted by atomic mass is 10.1. The van der Waals surface area contributed by atoms with Crippen molar-refractivity contribution in [3.8, 4) is 0 Å². The van der Waals surface area contributed by atoms with E-state index < -0.39 is 6.10 Å². The highest BCUT2D eigenvalue weighted by Crippen LogP contribution is 2.16. The molecule has 0 saturated carbocycles. The fourth-order valence-electron chi connectivity index (χ4n) is 1.32. The molecule has 1 rings (SSSR count). The van der Waals surface area contributed by atoms with Crippen LogP contribution < -0.4 is 0 Å². The summed E-state index contributed by atoms with van der Waals surface area (Å²) in [7, 11) is 0. The van der Waals surface area contributed by atoms with E-state index in [9.17, 15) is 5.11 Å². The van der Waals surface area contributed by atoms with Crippen LogP contribution in [0.4, 0.5) is 0 Å². The molecule has 0 aromatic carbocycles. The number of hydrogen-bond donors (Lipinski definition) is 1. The van der Waals surface area contributed by atoms with Gasteiger partial charge in [0.05, 0.1) is 18.3 Å². The third-order valence-corrected chi connectivity index (χ3v) is 2.39. The Morgan fingerprint density at radius 2 is 2.29 bits per heavy atom. The summed E-state index contributed by atoms with van der Waals surface area (Å²) in [6.07, 6.45) is 7.98. The summed E-state index contributed by atoms with van der Waals surface area (Å²) in [5.74, 6) is 0. The topological polar surface area (TPSA) is 29.5 Å². The Balaban J connectivity index is 2.48. The lowest BCUT2D eigenvalue weighted by Crippen LogP contribution is -2.32. The Morgan fingerprint density at radius 3 is 2.86 bits per heavy atom. The Labute approximate surface area is 85.6 Å². The molecule has 0 aromatic heterocycles. The van der Waals surface area contributed by atoms with E-state index in [0.29, 0.717) is 0 Å². The van der Waals surface area contributed by atoms with Crippen LogP contribution in [0.15, 0.2) is 36.5 Å². The summed E-state index contributed by atoms with van der Waals surface area (Å²) in [4.78, 5) is 0. The maximum absolute atomic E-state index is 9.38. The third kappa shape index (κ3) is 3.13. The molecule has 0 spiro atoms. The minimum absolute atomic E-state index is 0.0864. The zero-order chi connectivity index (χ0) is 10.6. The first-order chi connectivity index (χ1) is 6.63. The summed E-state index contributed by atoms with van der Waals surface area (Å²) < 4.78 is 5.58. The van der Waals surface area contributed by atoms with Crippen molar-refractivity contribution in [2.45, 2.75) is 38.6 Å². The van der Waals surface area contributed by atoms with Gasteiger partial charge in [-0.05, 0) is 20.3 Å². The van der Waals surface area contributed by atoms with Gasteiger partial charge in [0, 0.05) is 0 Å². The predicted molar refractivity (Wildman–Crippen MR) is 58.1 cm³/mol. The van der Waals surface area contributed by atoms with E-state index in [-0.39, 0.29) is 12.2 Å². The molecule has 0 radical (unpaired) electrons. The highest BCUT2D eigenvalue weighted by Gasteiger charge is 2.20. The van der Waals surface area contributed by atoms with Gasteiger partial charge in [-0.25, -0.2) is 0 Å². The van der Waals surface area contributed by atoms with Crippen LogP contribution >= 0.6 is 0 Å². The summed E-state index contributed by atoms with van der Waals surface area (Å²) in [6, 6.07) is 0. The van der Waals surface area contributed by atoms with Crippen LogP contribution in [0, 0.1) is 0 Å². The molecule has 1 N–H and O–H groups in total. The van der Waals surface area contributed by atoms with E-state index in [4.69, 9.17) is 4.74 Å². The molecule has 0 saturated heterocycles. The van der Waals surface area contributed by atoms with Crippen molar-refractivity contribution in [3.63, 3.8) is 0 Å². The average Bonchev–Trinajstić information content (AvgIpc) is 2.19. The van der Waals surface area contributed by atoms with Crippen LogP contribution in [0.25, 0.3) is 0 Å². The normalized spacial score (nSPS) is 33.1. The van der Waals surface area contributed by atoms with Crippen molar-refractivity contribution in [3.05, 3.63) is 36.5 Å². The molecule has 0 fully saturated rings. The van der Waals surface area contributed by atoms with Crippen molar-refractivity contribution >= 4 is 0 Å². The zero-order valence-corrected chi connectivity index (χ0v) is 8.81. The van der Waals surface area contributed by atoms with Gasteiger partial charge in [0.1, 0.15) is 0 Å². The van der Waals surface area contributed by atoms with Crippen LogP contribution in [0.3, 0.4) is 0 Å². The summed E-state index contributed by atoms with van der Waals surface area (Å²) in [6.45, 7) is 7.58. The van der Waals surface area contributed by atoms with Crippen molar-refractivity contribution in [1.82, 2.24) is 0 Å². The molecule has 1 aliphatic heterocycles. The minimum Gasteiger partial charge on any atom is -0.386 e. The maximum atomic E-state index is 9.38. The molecule has 1 aliphatic rings. The monoisotopic (exact) mass is 194 g/mol. The van der Waals surface area contributed by atoms with Gasteiger partial charge in [0.15, 0.2) is 0 Å². The van der Waals surface area contributed by atoms with Gasteiger partial charge in [0.2, 0.25) is 0 Å². The number of aliphatic hydroxyl groups is 1. The number of aliphatic hydroxyl groups excluding tert-OH is 1. The number of allylic oxidation sites excluding steroid dienone is 2. The third-order valence-electron chi connectivity index (χ3n) is 2.39. The lowest BCUT2D eigenvalue weighted by molar-refractivity contribution is -0.0442. The molecular weight excluding hydrogens is 176 g/mol. The highest BCUT2D eigenvalue weighted by atomic mass is 16.5. The lowest BCUT2D eigenvalue weighted by Gasteiger charge is -2.26. The molecule has 2 nitrogen and oxygen atoms in total. The van der Waals surface area contributed by atoms with Crippen LogP contribution in [-0.2, 0) is 4.74 Å². The molecule has 0 amide bonds. The van der Waals surface area contributed by atoms with Crippen LogP contribution in [0.1, 0.15) is 20.3 Å². The van der Waals surface area contributed by atoms with Crippen molar-refractivity contribution < 1.29 is 9.84 Å². The van der Waals surface area contributed by atoms with Gasteiger partial charge >= 0.3 is 0 Å². The summed E-state index contributed by atoms with van der Waals surface area (Å²) in [5, 5.41) is 9.38. The highest BCUT2D eigenvalue weighted by molar-refractivity contribution is 5.14. The first-order valence-electron chi connectivity index (χ1n) is 4.94. The smallest absolute Gasteiger partial charge is 0.0981 e. The molecule has 3 atom stereocenters. The van der Waals surface area contributed by atoms with Crippen LogP contribution in [0.5, 0.6) is 0 Å². The van der Waals surface area contributed by atoms with E-state index in [1.165, 1.54) is 0 Å². The quantitative estimate of drug-likeness (QED) is 0.551. The summed E-state index contributed by atoms with van der Waals surface area (Å²) >= 11 is 0. The first kappa shape index (κ1) is 11.2. The molecule has 0 bridgehead atoms. The van der Waals surface area contributed by atoms with E-state index >= 15 is 0 Å². The van der Waals surface area contributed by atoms with Crippen molar-refractivity contribution in [2.75, 3.05) is 0 Å². The second kappa shape index (κ2) is 5.13. The molecule has 0 unspecified atom stereocenters. The molecule has 0 aromatic rings. The molecule has 0 aliphatic carbocycles. The first-order valence-corrected chi connectivity index (χ1v) is 4.94. The Bertz CT molecular complexity index is 253. The van der Waals surface area contributed by atoms with Crippen LogP contribution in [0.2, 0.25) is 0 Å². The Kier molecular flexibility index (Phi) is 4.11. The van der Waals surface area contributed by atoms with Gasteiger partial charge in [-0.3, -0.25) is 0 Å². The average molecular weight is 194 g/mol.